The third kappa shape index (κ3) is 3.62. The van der Waals surface area contributed by atoms with E-state index < -0.39 is 0 Å². The van der Waals surface area contributed by atoms with E-state index in [4.69, 9.17) is 4.74 Å². The molecule has 0 aliphatic carbocycles. The lowest BCUT2D eigenvalue weighted by atomic mass is 10.0. The van der Waals surface area contributed by atoms with E-state index in [1.54, 1.807) is 0 Å². The molecule has 140 valence electrons. The highest BCUT2D eigenvalue weighted by Crippen LogP contribution is 2.34. The average molecular weight is 356 g/mol. The van der Waals surface area contributed by atoms with E-state index >= 15 is 0 Å². The molecule has 2 aliphatic rings. The minimum atomic E-state index is -0.178. The first-order valence-corrected chi connectivity index (χ1v) is 9.51. The molecule has 2 amide bonds. The maximum atomic E-state index is 13.1. The van der Waals surface area contributed by atoms with E-state index in [1.165, 1.54) is 4.90 Å². The molecule has 0 unspecified atom stereocenters. The predicted molar refractivity (Wildman–Crippen MR) is 101 cm³/mol. The second-order valence-electron chi connectivity index (χ2n) is 7.72. The zero-order chi connectivity index (χ0) is 18.8. The lowest BCUT2D eigenvalue weighted by Gasteiger charge is -2.21. The van der Waals surface area contributed by atoms with E-state index in [-0.39, 0.29) is 23.8 Å². The Labute approximate surface area is 155 Å². The lowest BCUT2D eigenvalue weighted by Crippen LogP contribution is -2.37. The van der Waals surface area contributed by atoms with Gasteiger partial charge in [0, 0.05) is 19.6 Å². The van der Waals surface area contributed by atoms with Gasteiger partial charge >= 0.3 is 0 Å². The van der Waals surface area contributed by atoms with E-state index in [0.29, 0.717) is 17.8 Å². The third-order valence-corrected chi connectivity index (χ3v) is 4.63. The van der Waals surface area contributed by atoms with Gasteiger partial charge in [-0.05, 0) is 50.3 Å². The van der Waals surface area contributed by atoms with Crippen molar-refractivity contribution >= 4 is 17.4 Å². The van der Waals surface area contributed by atoms with Gasteiger partial charge in [-0.2, -0.15) is 0 Å². The van der Waals surface area contributed by atoms with Crippen LogP contribution in [0.15, 0.2) is 30.0 Å². The van der Waals surface area contributed by atoms with Crippen molar-refractivity contribution in [3.05, 3.63) is 35.5 Å². The molecule has 1 aromatic carbocycles. The van der Waals surface area contributed by atoms with E-state index in [9.17, 15) is 9.59 Å². The fourth-order valence-corrected chi connectivity index (χ4v) is 3.56. The second-order valence-corrected chi connectivity index (χ2v) is 7.72. The van der Waals surface area contributed by atoms with E-state index in [2.05, 4.69) is 4.90 Å². The van der Waals surface area contributed by atoms with Crippen LogP contribution in [-0.2, 0) is 9.59 Å². The fraction of sp³-hybridized carbons (Fsp3) is 0.524. The van der Waals surface area contributed by atoms with Gasteiger partial charge < -0.3 is 9.64 Å². The molecule has 5 nitrogen and oxygen atoms in total. The van der Waals surface area contributed by atoms with Gasteiger partial charge in [-0.1, -0.05) is 26.0 Å². The van der Waals surface area contributed by atoms with Crippen LogP contribution in [0.3, 0.4) is 0 Å². The molecule has 0 N–H and O–H groups in total. The van der Waals surface area contributed by atoms with Crippen LogP contribution in [0.25, 0.3) is 5.57 Å². The summed E-state index contributed by atoms with van der Waals surface area (Å²) < 4.78 is 5.69. The number of carbonyl (C=O) groups excluding carboxylic acids is 2. The highest BCUT2D eigenvalue weighted by molar-refractivity contribution is 6.35. The zero-order valence-electron chi connectivity index (χ0n) is 16.1. The lowest BCUT2D eigenvalue weighted by molar-refractivity contribution is -0.138. The molecule has 1 saturated heterocycles. The number of imide groups is 1. The standard InChI is InChI=1S/C21H28N2O3/c1-14(2)13-23-20(24)18(19(21(23)25)22-11-5-6-12-22)16-7-9-17(10-8-16)26-15(3)4/h7-10,14-15H,5-6,11-13H2,1-4H3. The third-order valence-electron chi connectivity index (χ3n) is 4.63. The summed E-state index contributed by atoms with van der Waals surface area (Å²) in [6, 6.07) is 7.50. The van der Waals surface area contributed by atoms with Gasteiger partial charge in [0.1, 0.15) is 11.4 Å². The molecule has 0 aromatic heterocycles. The van der Waals surface area contributed by atoms with Crippen LogP contribution in [0.5, 0.6) is 5.75 Å². The number of amides is 2. The molecule has 2 aliphatic heterocycles. The van der Waals surface area contributed by atoms with Crippen molar-refractivity contribution in [2.24, 2.45) is 5.92 Å². The SMILES string of the molecule is CC(C)CN1C(=O)C(c2ccc(OC(C)C)cc2)=C(N2CCCC2)C1=O. The Kier molecular flexibility index (Phi) is 5.35. The van der Waals surface area contributed by atoms with Crippen molar-refractivity contribution in [1.82, 2.24) is 9.80 Å². The van der Waals surface area contributed by atoms with Crippen molar-refractivity contribution < 1.29 is 14.3 Å². The van der Waals surface area contributed by atoms with Gasteiger partial charge in [0.25, 0.3) is 11.8 Å². The number of nitrogens with zero attached hydrogens (tertiary/aromatic N) is 2. The van der Waals surface area contributed by atoms with Gasteiger partial charge in [-0.25, -0.2) is 0 Å². The van der Waals surface area contributed by atoms with Crippen LogP contribution < -0.4 is 4.74 Å². The Morgan fingerprint density at radius 2 is 1.58 bits per heavy atom. The molecule has 26 heavy (non-hydrogen) atoms. The Bertz CT molecular complexity index is 713. The Morgan fingerprint density at radius 1 is 0.962 bits per heavy atom. The Balaban J connectivity index is 1.98. The van der Waals surface area contributed by atoms with Crippen LogP contribution in [0.4, 0.5) is 0 Å². The number of rotatable bonds is 6. The van der Waals surface area contributed by atoms with Gasteiger partial charge in [0.15, 0.2) is 0 Å². The molecular formula is C21H28N2O3. The summed E-state index contributed by atoms with van der Waals surface area (Å²) in [5, 5.41) is 0. The first-order valence-electron chi connectivity index (χ1n) is 9.51. The quantitative estimate of drug-likeness (QED) is 0.734. The summed E-state index contributed by atoms with van der Waals surface area (Å²) in [5.41, 5.74) is 1.90. The number of carbonyl (C=O) groups is 2. The van der Waals surface area contributed by atoms with Crippen LogP contribution in [-0.4, -0.2) is 47.4 Å². The molecule has 1 aromatic rings. The number of benzene rings is 1. The topological polar surface area (TPSA) is 49.9 Å². The van der Waals surface area contributed by atoms with Gasteiger partial charge in [0.2, 0.25) is 0 Å². The first kappa shape index (κ1) is 18.5. The summed E-state index contributed by atoms with van der Waals surface area (Å²) in [6.45, 7) is 10.1. The predicted octanol–water partition coefficient (Wildman–Crippen LogP) is 3.31. The summed E-state index contributed by atoms with van der Waals surface area (Å²) in [6.07, 6.45) is 2.21. The normalized spacial score (nSPS) is 18.1. The van der Waals surface area contributed by atoms with Crippen LogP contribution >= 0.6 is 0 Å². The van der Waals surface area contributed by atoms with Crippen LogP contribution in [0.2, 0.25) is 0 Å². The van der Waals surface area contributed by atoms with Gasteiger partial charge in [0.05, 0.1) is 11.7 Å². The van der Waals surface area contributed by atoms with Crippen molar-refractivity contribution in [3.63, 3.8) is 0 Å². The van der Waals surface area contributed by atoms with Crippen molar-refractivity contribution in [2.75, 3.05) is 19.6 Å². The van der Waals surface area contributed by atoms with E-state index in [0.717, 1.165) is 37.2 Å². The summed E-state index contributed by atoms with van der Waals surface area (Å²) in [7, 11) is 0. The fourth-order valence-electron chi connectivity index (χ4n) is 3.56. The van der Waals surface area contributed by atoms with Gasteiger partial charge in [-0.3, -0.25) is 14.5 Å². The first-order chi connectivity index (χ1) is 12.4. The highest BCUT2D eigenvalue weighted by atomic mass is 16.5. The van der Waals surface area contributed by atoms with Crippen LogP contribution in [0.1, 0.15) is 46.1 Å². The number of likely N-dealkylation sites (tertiary alicyclic amines) is 1. The van der Waals surface area contributed by atoms with Crippen molar-refractivity contribution in [3.8, 4) is 5.75 Å². The molecular weight excluding hydrogens is 328 g/mol. The Morgan fingerprint density at radius 3 is 2.12 bits per heavy atom. The summed E-state index contributed by atoms with van der Waals surface area (Å²) in [5.74, 6) is 0.679. The maximum absolute atomic E-state index is 13.1. The molecule has 1 fully saturated rings. The second kappa shape index (κ2) is 7.52. The Hall–Kier alpha value is -2.30. The molecule has 0 bridgehead atoms. The molecule has 0 atom stereocenters. The van der Waals surface area contributed by atoms with Crippen molar-refractivity contribution in [2.45, 2.75) is 46.6 Å². The summed E-state index contributed by atoms with van der Waals surface area (Å²) in [4.78, 5) is 29.6. The molecule has 0 spiro atoms. The minimum absolute atomic E-state index is 0.0939. The smallest absolute Gasteiger partial charge is 0.277 e. The largest absolute Gasteiger partial charge is 0.491 e. The van der Waals surface area contributed by atoms with Crippen LogP contribution in [0, 0.1) is 5.92 Å². The van der Waals surface area contributed by atoms with Gasteiger partial charge in [-0.15, -0.1) is 0 Å². The maximum Gasteiger partial charge on any atom is 0.277 e. The number of hydrogen-bond donors (Lipinski definition) is 0. The average Bonchev–Trinajstić information content (AvgIpc) is 3.17. The molecule has 5 heteroatoms. The van der Waals surface area contributed by atoms with Crippen molar-refractivity contribution in [1.29, 1.82) is 0 Å². The monoisotopic (exact) mass is 356 g/mol. The number of hydrogen-bond acceptors (Lipinski definition) is 4. The molecule has 0 saturated carbocycles. The summed E-state index contributed by atoms with van der Waals surface area (Å²) >= 11 is 0. The number of ether oxygens (including phenoxy) is 1. The molecule has 3 rings (SSSR count). The minimum Gasteiger partial charge on any atom is -0.491 e. The zero-order valence-corrected chi connectivity index (χ0v) is 16.1. The molecule has 0 radical (unpaired) electrons. The highest BCUT2D eigenvalue weighted by Gasteiger charge is 2.42. The van der Waals surface area contributed by atoms with E-state index in [1.807, 2.05) is 52.0 Å². The molecule has 2 heterocycles.